The molecule has 0 bridgehead atoms. The van der Waals surface area contributed by atoms with Gasteiger partial charge in [-0.15, -0.1) is 0 Å². The number of piperidine rings is 1. The summed E-state index contributed by atoms with van der Waals surface area (Å²) in [5, 5.41) is 9.93. The highest BCUT2D eigenvalue weighted by Gasteiger charge is 2.54. The van der Waals surface area contributed by atoms with Crippen molar-refractivity contribution in [2.24, 2.45) is 0 Å². The Labute approximate surface area is 117 Å². The molecule has 1 heterocycles. The van der Waals surface area contributed by atoms with E-state index < -0.39 is 17.7 Å². The number of likely N-dealkylation sites (tertiary alicyclic amines) is 1. The SMILES string of the molecule is Cc1ccc(C2(C(O)C(F)(F)F)CCN(C)CC2)cc1. The predicted octanol–water partition coefficient (Wildman–Crippen LogP) is 2.88. The molecule has 1 atom stereocenters. The molecule has 0 saturated carbocycles. The van der Waals surface area contributed by atoms with E-state index in [0.717, 1.165) is 5.56 Å². The lowest BCUT2D eigenvalue weighted by Gasteiger charge is -2.44. The Kier molecular flexibility index (Phi) is 4.12. The van der Waals surface area contributed by atoms with E-state index in [1.165, 1.54) is 0 Å². The lowest BCUT2D eigenvalue weighted by molar-refractivity contribution is -0.230. The highest BCUT2D eigenvalue weighted by molar-refractivity contribution is 5.31. The van der Waals surface area contributed by atoms with Crippen molar-refractivity contribution in [1.29, 1.82) is 0 Å². The van der Waals surface area contributed by atoms with Crippen molar-refractivity contribution in [2.75, 3.05) is 20.1 Å². The highest BCUT2D eigenvalue weighted by Crippen LogP contribution is 2.44. The number of alkyl halides is 3. The van der Waals surface area contributed by atoms with Crippen molar-refractivity contribution < 1.29 is 18.3 Å². The summed E-state index contributed by atoms with van der Waals surface area (Å²) >= 11 is 0. The third-order valence-electron chi connectivity index (χ3n) is 4.34. The van der Waals surface area contributed by atoms with Gasteiger partial charge in [-0.25, -0.2) is 0 Å². The van der Waals surface area contributed by atoms with Gasteiger partial charge in [0.1, 0.15) is 0 Å². The topological polar surface area (TPSA) is 23.5 Å². The van der Waals surface area contributed by atoms with Crippen molar-refractivity contribution in [1.82, 2.24) is 4.90 Å². The fraction of sp³-hybridized carbons (Fsp3) is 0.600. The number of hydrogen-bond acceptors (Lipinski definition) is 2. The Morgan fingerprint density at radius 3 is 2.10 bits per heavy atom. The summed E-state index contributed by atoms with van der Waals surface area (Å²) in [5.41, 5.74) is 0.359. The van der Waals surface area contributed by atoms with Crippen molar-refractivity contribution >= 4 is 0 Å². The molecule has 1 saturated heterocycles. The van der Waals surface area contributed by atoms with Crippen LogP contribution in [0.25, 0.3) is 0 Å². The number of halogens is 3. The lowest BCUT2D eigenvalue weighted by atomic mass is 9.68. The van der Waals surface area contributed by atoms with Crippen LogP contribution in [-0.2, 0) is 5.41 Å². The Morgan fingerprint density at radius 1 is 1.15 bits per heavy atom. The first-order valence-corrected chi connectivity index (χ1v) is 6.76. The van der Waals surface area contributed by atoms with Crippen molar-refractivity contribution in [3.05, 3.63) is 35.4 Å². The molecule has 0 aliphatic carbocycles. The zero-order valence-electron chi connectivity index (χ0n) is 11.7. The van der Waals surface area contributed by atoms with Crippen molar-refractivity contribution in [3.8, 4) is 0 Å². The zero-order valence-corrected chi connectivity index (χ0v) is 11.7. The molecule has 0 aromatic heterocycles. The van der Waals surface area contributed by atoms with Crippen LogP contribution in [0.3, 0.4) is 0 Å². The summed E-state index contributed by atoms with van der Waals surface area (Å²) in [5.74, 6) is 0. The third-order valence-corrected chi connectivity index (χ3v) is 4.34. The molecule has 20 heavy (non-hydrogen) atoms. The molecular formula is C15H20F3NO. The van der Waals surface area contributed by atoms with Crippen LogP contribution in [-0.4, -0.2) is 42.4 Å². The van der Waals surface area contributed by atoms with Gasteiger partial charge in [-0.1, -0.05) is 29.8 Å². The Bertz CT molecular complexity index is 447. The quantitative estimate of drug-likeness (QED) is 0.904. The largest absolute Gasteiger partial charge is 0.415 e. The summed E-state index contributed by atoms with van der Waals surface area (Å²) in [6.07, 6.45) is -6.28. The van der Waals surface area contributed by atoms with E-state index in [0.29, 0.717) is 31.5 Å². The Hall–Kier alpha value is -1.07. The maximum absolute atomic E-state index is 13.1. The second-order valence-electron chi connectivity index (χ2n) is 5.77. The second-order valence-corrected chi connectivity index (χ2v) is 5.77. The van der Waals surface area contributed by atoms with Gasteiger partial charge in [-0.2, -0.15) is 13.2 Å². The van der Waals surface area contributed by atoms with E-state index in [9.17, 15) is 18.3 Å². The number of aryl methyl sites for hydroxylation is 1. The maximum Gasteiger partial charge on any atom is 0.415 e. The smallest absolute Gasteiger partial charge is 0.383 e. The minimum absolute atomic E-state index is 0.313. The Morgan fingerprint density at radius 2 is 1.65 bits per heavy atom. The minimum Gasteiger partial charge on any atom is -0.383 e. The average molecular weight is 287 g/mol. The van der Waals surface area contributed by atoms with Gasteiger partial charge in [0.05, 0.1) is 0 Å². The van der Waals surface area contributed by atoms with Gasteiger partial charge in [0.25, 0.3) is 0 Å². The summed E-state index contributed by atoms with van der Waals surface area (Å²) in [4.78, 5) is 2.00. The monoisotopic (exact) mass is 287 g/mol. The van der Waals surface area contributed by atoms with Gasteiger partial charge < -0.3 is 10.0 Å². The van der Waals surface area contributed by atoms with Crippen LogP contribution in [0.1, 0.15) is 24.0 Å². The number of hydrogen-bond donors (Lipinski definition) is 1. The number of benzene rings is 1. The number of rotatable bonds is 2. The van der Waals surface area contributed by atoms with Crippen LogP contribution in [0.2, 0.25) is 0 Å². The first kappa shape index (κ1) is 15.3. The summed E-state index contributed by atoms with van der Waals surface area (Å²) in [7, 11) is 1.89. The molecule has 2 rings (SSSR count). The third kappa shape index (κ3) is 2.83. The molecule has 1 aliphatic heterocycles. The van der Waals surface area contributed by atoms with Crippen LogP contribution >= 0.6 is 0 Å². The average Bonchev–Trinajstić information content (AvgIpc) is 2.39. The zero-order chi connectivity index (χ0) is 15.0. The molecule has 1 aromatic carbocycles. The molecule has 5 heteroatoms. The second kappa shape index (κ2) is 5.37. The van der Waals surface area contributed by atoms with Gasteiger partial charge in [0, 0.05) is 5.41 Å². The van der Waals surface area contributed by atoms with Gasteiger partial charge in [-0.05, 0) is 45.5 Å². The summed E-state index contributed by atoms with van der Waals surface area (Å²) in [6.45, 7) is 3.01. The fourth-order valence-electron chi connectivity index (χ4n) is 2.94. The molecular weight excluding hydrogens is 267 g/mol. The van der Waals surface area contributed by atoms with E-state index in [-0.39, 0.29) is 0 Å². The standard InChI is InChI=1S/C15H20F3NO/c1-11-3-5-12(6-4-11)14(13(20)15(16,17)18)7-9-19(2)10-8-14/h3-6,13,20H,7-10H2,1-2H3. The highest BCUT2D eigenvalue weighted by atomic mass is 19.4. The first-order valence-electron chi connectivity index (χ1n) is 6.76. The van der Waals surface area contributed by atoms with Crippen LogP contribution in [0.5, 0.6) is 0 Å². The van der Waals surface area contributed by atoms with Crippen LogP contribution < -0.4 is 0 Å². The van der Waals surface area contributed by atoms with Crippen molar-refractivity contribution in [2.45, 2.75) is 37.5 Å². The van der Waals surface area contributed by atoms with E-state index in [1.807, 2.05) is 18.9 Å². The molecule has 1 N–H and O–H groups in total. The molecule has 112 valence electrons. The van der Waals surface area contributed by atoms with E-state index >= 15 is 0 Å². The number of aliphatic hydroxyl groups is 1. The summed E-state index contributed by atoms with van der Waals surface area (Å²) < 4.78 is 39.2. The van der Waals surface area contributed by atoms with E-state index in [2.05, 4.69) is 0 Å². The van der Waals surface area contributed by atoms with E-state index in [1.54, 1.807) is 24.3 Å². The van der Waals surface area contributed by atoms with Gasteiger partial charge in [-0.3, -0.25) is 0 Å². The maximum atomic E-state index is 13.1. The van der Waals surface area contributed by atoms with Crippen LogP contribution in [0.15, 0.2) is 24.3 Å². The van der Waals surface area contributed by atoms with Gasteiger partial charge >= 0.3 is 6.18 Å². The molecule has 0 radical (unpaired) electrons. The van der Waals surface area contributed by atoms with E-state index in [4.69, 9.17) is 0 Å². The molecule has 2 nitrogen and oxygen atoms in total. The molecule has 1 aromatic rings. The molecule has 1 aliphatic rings. The molecule has 0 amide bonds. The lowest BCUT2D eigenvalue weighted by Crippen LogP contribution is -2.53. The van der Waals surface area contributed by atoms with Crippen LogP contribution in [0, 0.1) is 6.92 Å². The van der Waals surface area contributed by atoms with Crippen molar-refractivity contribution in [3.63, 3.8) is 0 Å². The number of nitrogens with zero attached hydrogens (tertiary/aromatic N) is 1. The molecule has 1 fully saturated rings. The van der Waals surface area contributed by atoms with Gasteiger partial charge in [0.15, 0.2) is 6.10 Å². The minimum atomic E-state index is -4.60. The number of aliphatic hydroxyl groups excluding tert-OH is 1. The first-order chi connectivity index (χ1) is 9.25. The molecule has 0 spiro atoms. The fourth-order valence-corrected chi connectivity index (χ4v) is 2.94. The van der Waals surface area contributed by atoms with Crippen LogP contribution in [0.4, 0.5) is 13.2 Å². The van der Waals surface area contributed by atoms with Gasteiger partial charge in [0.2, 0.25) is 0 Å². The predicted molar refractivity (Wildman–Crippen MR) is 71.6 cm³/mol. The normalized spacial score (nSPS) is 21.7. The Balaban J connectivity index is 2.41. The molecule has 1 unspecified atom stereocenters. The summed E-state index contributed by atoms with van der Waals surface area (Å²) in [6, 6.07) is 7.04.